The third-order valence-electron chi connectivity index (χ3n) is 3.82. The van der Waals surface area contributed by atoms with Crippen LogP contribution in [0.2, 0.25) is 0 Å². The van der Waals surface area contributed by atoms with Crippen LogP contribution in [0, 0.1) is 0 Å². The normalized spacial score (nSPS) is 12.2. The van der Waals surface area contributed by atoms with Crippen LogP contribution in [0.5, 0.6) is 0 Å². The number of carbonyl (C=O) groups is 1. The van der Waals surface area contributed by atoms with Gasteiger partial charge in [-0.2, -0.15) is 5.10 Å². The molecule has 25 heavy (non-hydrogen) atoms. The topological polar surface area (TPSA) is 82.4 Å². The maximum atomic E-state index is 12.3. The van der Waals surface area contributed by atoms with E-state index in [1.165, 1.54) is 0 Å². The second-order valence-electron chi connectivity index (χ2n) is 6.19. The van der Waals surface area contributed by atoms with E-state index in [-0.39, 0.29) is 18.7 Å². The Morgan fingerprint density at radius 2 is 2.04 bits per heavy atom. The van der Waals surface area contributed by atoms with E-state index in [4.69, 9.17) is 5.11 Å². The predicted molar refractivity (Wildman–Crippen MR) is 98.4 cm³/mol. The Morgan fingerprint density at radius 3 is 2.72 bits per heavy atom. The number of benzene rings is 1. The molecule has 0 saturated carbocycles. The lowest BCUT2D eigenvalue weighted by molar-refractivity contribution is 0.243. The Hall–Kier alpha value is -2.38. The fourth-order valence-corrected chi connectivity index (χ4v) is 2.47. The number of amides is 2. The first kappa shape index (κ1) is 19.0. The average molecular weight is 345 g/mol. The van der Waals surface area contributed by atoms with Crippen LogP contribution in [0.3, 0.4) is 0 Å². The SMILES string of the molecule is CN(C)CCn1ccc(NC(=O)NC(CCCO)c2ccccc2)n1. The fourth-order valence-electron chi connectivity index (χ4n) is 2.47. The van der Waals surface area contributed by atoms with E-state index in [9.17, 15) is 4.79 Å². The van der Waals surface area contributed by atoms with Crippen LogP contribution in [0.1, 0.15) is 24.4 Å². The number of aliphatic hydroxyl groups excluding tert-OH is 1. The first-order chi connectivity index (χ1) is 12.1. The van der Waals surface area contributed by atoms with E-state index in [0.29, 0.717) is 18.7 Å². The van der Waals surface area contributed by atoms with E-state index in [1.54, 1.807) is 10.7 Å². The number of anilines is 1. The molecule has 2 amide bonds. The highest BCUT2D eigenvalue weighted by atomic mass is 16.3. The maximum absolute atomic E-state index is 12.3. The third-order valence-corrected chi connectivity index (χ3v) is 3.82. The fraction of sp³-hybridized carbons (Fsp3) is 0.444. The van der Waals surface area contributed by atoms with Gasteiger partial charge in [-0.1, -0.05) is 30.3 Å². The summed E-state index contributed by atoms with van der Waals surface area (Å²) in [6.45, 7) is 1.74. The Kier molecular flexibility index (Phi) is 7.43. The van der Waals surface area contributed by atoms with Gasteiger partial charge in [0, 0.05) is 25.4 Å². The van der Waals surface area contributed by atoms with Crippen molar-refractivity contribution in [2.45, 2.75) is 25.4 Å². The molecule has 0 radical (unpaired) electrons. The Bertz CT molecular complexity index is 642. The maximum Gasteiger partial charge on any atom is 0.320 e. The van der Waals surface area contributed by atoms with E-state index in [0.717, 1.165) is 18.7 Å². The van der Waals surface area contributed by atoms with Crippen LogP contribution in [-0.4, -0.2) is 53.1 Å². The molecule has 1 aromatic heterocycles. The minimum atomic E-state index is -0.301. The lowest BCUT2D eigenvalue weighted by atomic mass is 10.0. The summed E-state index contributed by atoms with van der Waals surface area (Å²) in [5, 5.41) is 19.1. The Morgan fingerprint density at radius 1 is 1.28 bits per heavy atom. The molecule has 136 valence electrons. The third kappa shape index (κ3) is 6.56. The van der Waals surface area contributed by atoms with Crippen molar-refractivity contribution < 1.29 is 9.90 Å². The molecule has 0 fully saturated rings. The highest BCUT2D eigenvalue weighted by Gasteiger charge is 2.14. The zero-order chi connectivity index (χ0) is 18.1. The summed E-state index contributed by atoms with van der Waals surface area (Å²) in [6, 6.07) is 11.1. The van der Waals surface area contributed by atoms with Crippen LogP contribution < -0.4 is 10.6 Å². The van der Waals surface area contributed by atoms with Gasteiger partial charge in [0.25, 0.3) is 0 Å². The van der Waals surface area contributed by atoms with Gasteiger partial charge in [-0.05, 0) is 32.5 Å². The van der Waals surface area contributed by atoms with Gasteiger partial charge in [0.1, 0.15) is 0 Å². The molecule has 0 aliphatic rings. The van der Waals surface area contributed by atoms with Crippen LogP contribution in [0.15, 0.2) is 42.6 Å². The van der Waals surface area contributed by atoms with Crippen molar-refractivity contribution in [2.75, 3.05) is 32.6 Å². The minimum Gasteiger partial charge on any atom is -0.396 e. The Balaban J connectivity index is 1.92. The van der Waals surface area contributed by atoms with Crippen molar-refractivity contribution in [3.05, 3.63) is 48.2 Å². The van der Waals surface area contributed by atoms with Crippen LogP contribution in [0.25, 0.3) is 0 Å². The van der Waals surface area contributed by atoms with Crippen LogP contribution in [-0.2, 0) is 6.54 Å². The van der Waals surface area contributed by atoms with Crippen molar-refractivity contribution in [1.82, 2.24) is 20.0 Å². The van der Waals surface area contributed by atoms with Gasteiger partial charge in [-0.3, -0.25) is 10.00 Å². The first-order valence-corrected chi connectivity index (χ1v) is 8.50. The lowest BCUT2D eigenvalue weighted by Crippen LogP contribution is -2.33. The number of nitrogens with one attached hydrogen (secondary N) is 2. The van der Waals surface area contributed by atoms with Crippen LogP contribution >= 0.6 is 0 Å². The smallest absolute Gasteiger partial charge is 0.320 e. The molecule has 2 aromatic rings. The van der Waals surface area contributed by atoms with Gasteiger partial charge >= 0.3 is 6.03 Å². The van der Waals surface area contributed by atoms with Gasteiger partial charge in [0.05, 0.1) is 12.6 Å². The van der Waals surface area contributed by atoms with Crippen molar-refractivity contribution >= 4 is 11.8 Å². The summed E-state index contributed by atoms with van der Waals surface area (Å²) < 4.78 is 1.80. The first-order valence-electron chi connectivity index (χ1n) is 8.50. The van der Waals surface area contributed by atoms with E-state index in [2.05, 4.69) is 20.6 Å². The van der Waals surface area contributed by atoms with E-state index >= 15 is 0 Å². The number of likely N-dealkylation sites (N-methyl/N-ethyl adjacent to an activating group) is 1. The quantitative estimate of drug-likeness (QED) is 0.650. The standard InChI is InChI=1S/C18H27N5O2/c1-22(2)12-13-23-11-10-17(21-23)20-18(25)19-16(9-6-14-24)15-7-4-3-5-8-15/h3-5,7-8,10-11,16,24H,6,9,12-14H2,1-2H3,(H2,19,20,21,25). The molecule has 0 spiro atoms. The minimum absolute atomic E-state index is 0.100. The van der Waals surface area contributed by atoms with E-state index in [1.807, 2.05) is 50.6 Å². The molecule has 0 bridgehead atoms. The van der Waals surface area contributed by atoms with Gasteiger partial charge in [-0.25, -0.2) is 4.79 Å². The molecule has 0 aliphatic heterocycles. The molecular formula is C18H27N5O2. The zero-order valence-corrected chi connectivity index (χ0v) is 14.9. The molecular weight excluding hydrogens is 318 g/mol. The van der Waals surface area contributed by atoms with Crippen molar-refractivity contribution in [2.24, 2.45) is 0 Å². The van der Waals surface area contributed by atoms with Gasteiger partial charge in [-0.15, -0.1) is 0 Å². The summed E-state index contributed by atoms with van der Waals surface area (Å²) >= 11 is 0. The highest BCUT2D eigenvalue weighted by molar-refractivity contribution is 5.88. The second-order valence-corrected chi connectivity index (χ2v) is 6.19. The number of aromatic nitrogens is 2. The number of hydrogen-bond acceptors (Lipinski definition) is 4. The Labute approximate surface area is 148 Å². The van der Waals surface area contributed by atoms with Gasteiger partial charge < -0.3 is 15.3 Å². The number of aliphatic hydroxyl groups is 1. The van der Waals surface area contributed by atoms with Gasteiger partial charge in [0.2, 0.25) is 0 Å². The molecule has 3 N–H and O–H groups in total. The van der Waals surface area contributed by atoms with Crippen molar-refractivity contribution in [3.63, 3.8) is 0 Å². The molecule has 2 rings (SSSR count). The number of nitrogens with zero attached hydrogens (tertiary/aromatic N) is 3. The second kappa shape index (κ2) is 9.80. The highest BCUT2D eigenvalue weighted by Crippen LogP contribution is 2.18. The molecule has 1 unspecified atom stereocenters. The monoisotopic (exact) mass is 345 g/mol. The number of carbonyl (C=O) groups excluding carboxylic acids is 1. The lowest BCUT2D eigenvalue weighted by Gasteiger charge is -2.19. The molecule has 1 aromatic carbocycles. The molecule has 1 heterocycles. The summed E-state index contributed by atoms with van der Waals surface area (Å²) in [5.41, 5.74) is 1.02. The molecule has 0 saturated heterocycles. The number of rotatable bonds is 9. The summed E-state index contributed by atoms with van der Waals surface area (Å²) in [4.78, 5) is 14.4. The van der Waals surface area contributed by atoms with Crippen molar-refractivity contribution in [3.8, 4) is 0 Å². The summed E-state index contributed by atoms with van der Waals surface area (Å²) in [5.74, 6) is 0.519. The van der Waals surface area contributed by atoms with E-state index < -0.39 is 0 Å². The summed E-state index contributed by atoms with van der Waals surface area (Å²) in [7, 11) is 4.01. The molecule has 7 heteroatoms. The number of urea groups is 1. The molecule has 0 aliphatic carbocycles. The summed E-state index contributed by atoms with van der Waals surface area (Å²) in [6.07, 6.45) is 3.14. The zero-order valence-electron chi connectivity index (χ0n) is 14.9. The number of hydrogen-bond donors (Lipinski definition) is 3. The largest absolute Gasteiger partial charge is 0.396 e. The van der Waals surface area contributed by atoms with Crippen molar-refractivity contribution in [1.29, 1.82) is 0 Å². The average Bonchev–Trinajstić information content (AvgIpc) is 3.05. The predicted octanol–water partition coefficient (Wildman–Crippen LogP) is 2.08. The molecule has 1 atom stereocenters. The molecule has 7 nitrogen and oxygen atoms in total. The van der Waals surface area contributed by atoms with Gasteiger partial charge in [0.15, 0.2) is 5.82 Å². The van der Waals surface area contributed by atoms with Crippen LogP contribution in [0.4, 0.5) is 10.6 Å².